The van der Waals surface area contributed by atoms with Crippen LogP contribution in [0.15, 0.2) is 56.6 Å². The predicted molar refractivity (Wildman–Crippen MR) is 398 cm³/mol. The number of fused-ring (bicyclic) bond motifs is 3. The summed E-state index contributed by atoms with van der Waals surface area (Å²) in [5.74, 6) is -7.13. The van der Waals surface area contributed by atoms with Gasteiger partial charge in [-0.05, 0) is 108 Å². The van der Waals surface area contributed by atoms with Crippen LogP contribution in [0, 0.1) is 37.5 Å². The molecule has 4 aliphatic heterocycles. The summed E-state index contributed by atoms with van der Waals surface area (Å²) in [7, 11) is 9.04. The summed E-state index contributed by atoms with van der Waals surface area (Å²) in [6.07, 6.45) is 6.25. The molecule has 0 saturated heterocycles. The number of amides is 6. The highest BCUT2D eigenvalue weighted by atomic mass is 33.1. The molecule has 8 heterocycles. The average molecular weight is 1500 g/mol. The second kappa shape index (κ2) is 34.2. The van der Waals surface area contributed by atoms with Gasteiger partial charge in [0.05, 0.1) is 88.6 Å². The standard InChI is InChI=1S/C71H89N17O16S2/c1-13-43-35(2)47-30-53-58(39(6)89)37(4)51-29-48-36(3)44(60(79-48)45(28-57(93)102-12)62-59(65(95)85-88(9,10)11)38(5)52(31-49(43)77-47)87(62)71(7,8)86(51)53)18-20-56(92)83-84-70(101)104-26-27-105-106-34-50(68(99)100)78-55(91)22-24-103-25-23-73-54(90)21-19-46(67(97)98)80-64(94)40-14-16-41(17-15-40)74-32-42-33-75-63-61(76-42)66(96)82-69(72)81-63/h14-17,29-31,33,35-36,43-44,46,50H,13,18-28,32,34H2,1-12H3,(H11-,72,73,74,75,76,77,78,79,80,81,82,83,84,85,89,90,91,92,94,95,96,97,98,99,100,101)/p+1/t35-,36+,43-,44+,46+,50+/m1/s1. The summed E-state index contributed by atoms with van der Waals surface area (Å²) in [5, 5.41) is 31.5. The van der Waals surface area contributed by atoms with Crippen molar-refractivity contribution in [3.05, 3.63) is 108 Å². The van der Waals surface area contributed by atoms with Crippen molar-refractivity contribution in [2.24, 2.45) is 33.7 Å². The van der Waals surface area contributed by atoms with Crippen LogP contribution in [0.2, 0.25) is 0 Å². The minimum absolute atomic E-state index is 0.00443. The van der Waals surface area contributed by atoms with Crippen molar-refractivity contribution in [1.82, 2.24) is 61.3 Å². The number of aromatic amines is 1. The maximum Gasteiger partial charge on any atom is 0.426 e. The Hall–Kier alpha value is -10.5. The first-order valence-corrected chi connectivity index (χ1v) is 37.0. The van der Waals surface area contributed by atoms with E-state index in [1.807, 2.05) is 74.0 Å². The number of benzene rings is 1. The number of carbonyl (C=O) groups excluding carboxylic acids is 8. The fourth-order valence-corrected chi connectivity index (χ4v) is 15.4. The molecule has 12 N–H and O–H groups in total. The number of ether oxygens (including phenoxy) is 3. The van der Waals surface area contributed by atoms with Crippen molar-refractivity contribution >= 4 is 139 Å². The number of aliphatic imine (C=N–C) groups is 2. The average Bonchev–Trinajstić information content (AvgIpc) is 1.54. The van der Waals surface area contributed by atoms with Crippen LogP contribution in [0.5, 0.6) is 0 Å². The number of hydrazine groups is 1. The number of nitrogens with two attached hydrogens (primary N) is 1. The minimum atomic E-state index is -1.40. The molecule has 9 rings (SSSR count). The molecule has 6 bridgehead atoms. The summed E-state index contributed by atoms with van der Waals surface area (Å²) >= 11 is 0. The van der Waals surface area contributed by atoms with E-state index in [9.17, 15) is 58.2 Å². The number of hydrogen-bond acceptors (Lipinski definition) is 23. The molecule has 6 amide bonds. The van der Waals surface area contributed by atoms with Crippen molar-refractivity contribution in [3.63, 3.8) is 0 Å². The second-order valence-electron chi connectivity index (χ2n) is 27.4. The van der Waals surface area contributed by atoms with Gasteiger partial charge in [0.1, 0.15) is 24.4 Å². The zero-order valence-corrected chi connectivity index (χ0v) is 62.7. The van der Waals surface area contributed by atoms with Gasteiger partial charge in [0, 0.05) is 112 Å². The van der Waals surface area contributed by atoms with Gasteiger partial charge in [-0.3, -0.25) is 58.8 Å². The number of carbonyl (C=O) groups is 10. The molecule has 566 valence electrons. The number of Topliss-reactive ketones (excluding diaryl/α,β-unsaturated/α-hetero) is 1. The number of esters is 1. The molecule has 0 aliphatic carbocycles. The molecule has 0 fully saturated rings. The van der Waals surface area contributed by atoms with Crippen LogP contribution < -0.4 is 59.5 Å². The van der Waals surface area contributed by atoms with Crippen LogP contribution in [0.3, 0.4) is 0 Å². The molecule has 35 heteroatoms. The van der Waals surface area contributed by atoms with Gasteiger partial charge >= 0.3 is 24.0 Å². The van der Waals surface area contributed by atoms with E-state index in [0.717, 1.165) is 28.6 Å². The summed E-state index contributed by atoms with van der Waals surface area (Å²) < 4.78 is 20.4. The van der Waals surface area contributed by atoms with Crippen LogP contribution in [0.1, 0.15) is 146 Å². The van der Waals surface area contributed by atoms with Gasteiger partial charge in [0.2, 0.25) is 23.7 Å². The zero-order valence-electron chi connectivity index (χ0n) is 61.1. The Balaban J connectivity index is 0.727. The van der Waals surface area contributed by atoms with E-state index in [4.69, 9.17) is 29.9 Å². The van der Waals surface area contributed by atoms with E-state index in [2.05, 4.69) is 80.5 Å². The molecule has 4 aliphatic rings. The highest BCUT2D eigenvalue weighted by Crippen LogP contribution is 2.46. The highest BCUT2D eigenvalue weighted by Gasteiger charge is 2.44. The smallest absolute Gasteiger partial charge is 0.426 e. The number of ketones is 1. The number of allylic oxidation sites excluding steroid dienone is 2. The maximum atomic E-state index is 15.2. The molecule has 5 aromatic rings. The first-order valence-electron chi connectivity index (χ1n) is 34.5. The number of carboxylic acids is 2. The third-order valence-corrected chi connectivity index (χ3v) is 21.0. The van der Waals surface area contributed by atoms with Gasteiger partial charge in [0.25, 0.3) is 17.4 Å². The monoisotopic (exact) mass is 1500 g/mol. The highest BCUT2D eigenvalue weighted by molar-refractivity contribution is 8.76. The number of aromatic nitrogens is 6. The second-order valence-corrected chi connectivity index (χ2v) is 30.0. The van der Waals surface area contributed by atoms with Gasteiger partial charge in [-0.25, -0.2) is 34.4 Å². The number of nitrogens with one attached hydrogen (secondary N) is 8. The Labute approximate surface area is 617 Å². The Bertz CT molecular complexity index is 4660. The lowest BCUT2D eigenvalue weighted by molar-refractivity contribution is -0.905. The van der Waals surface area contributed by atoms with Gasteiger partial charge in [-0.1, -0.05) is 42.4 Å². The molecular formula is C71H90N17O16S2+. The van der Waals surface area contributed by atoms with E-state index in [0.29, 0.717) is 72.7 Å². The molecule has 0 saturated carbocycles. The molecule has 106 heavy (non-hydrogen) atoms. The Kier molecular flexibility index (Phi) is 25.6. The number of nitrogens with zero attached hydrogens (tertiary/aromatic N) is 8. The van der Waals surface area contributed by atoms with Crippen molar-refractivity contribution in [3.8, 4) is 0 Å². The molecule has 0 spiro atoms. The topological polar surface area (TPSA) is 455 Å². The molecule has 33 nitrogen and oxygen atoms in total. The lowest BCUT2D eigenvalue weighted by Gasteiger charge is -2.35. The molecular weight excluding hydrogens is 1410 g/mol. The van der Waals surface area contributed by atoms with E-state index < -0.39 is 88.7 Å². The number of anilines is 2. The fourth-order valence-electron chi connectivity index (χ4n) is 13.4. The zero-order chi connectivity index (χ0) is 77.2. The Morgan fingerprint density at radius 3 is 2.16 bits per heavy atom. The Morgan fingerprint density at radius 2 is 1.48 bits per heavy atom. The largest absolute Gasteiger partial charge is 0.480 e. The van der Waals surface area contributed by atoms with Gasteiger partial charge in [0.15, 0.2) is 16.9 Å². The van der Waals surface area contributed by atoms with Crippen LogP contribution in [0.4, 0.5) is 16.4 Å². The van der Waals surface area contributed by atoms with Crippen LogP contribution in [-0.4, -0.2) is 193 Å². The van der Waals surface area contributed by atoms with E-state index in [-0.39, 0.29) is 128 Å². The Morgan fingerprint density at radius 1 is 0.783 bits per heavy atom. The third-order valence-electron chi connectivity index (χ3n) is 18.6. The molecule has 4 aromatic heterocycles. The lowest BCUT2D eigenvalue weighted by atomic mass is 9.83. The summed E-state index contributed by atoms with van der Waals surface area (Å²) in [5.41, 5.74) is 19.3. The van der Waals surface area contributed by atoms with Gasteiger partial charge in [-0.2, -0.15) is 10.4 Å². The lowest BCUT2D eigenvalue weighted by Crippen LogP contribution is -2.51. The summed E-state index contributed by atoms with van der Waals surface area (Å²) in [6, 6.07) is 3.44. The van der Waals surface area contributed by atoms with E-state index in [1.54, 1.807) is 19.1 Å². The molecule has 0 unspecified atom stereocenters. The molecule has 1 aromatic carbocycles. The SMILES string of the molecule is CC[C@H]1C2=Cc3c(C)c(C(=O)N[N+](C)(C)C)c4n3C(C)(C)n3c(c(C)c(C(C)=O)c3=CC(=N2)[C@@H]1C)=CC1=NC(=C4CC(=O)OC)[C@@H](CCC(=O)NNC(=O)OCCSSC[C@H](NC(=O)CCOCCNC(=O)CC[C@H](NC(=O)c2ccc(NCc3cnc4nc(N)[nH]c(=O)c4n3)cc2)C(=O)O)C(=O)O)[C@@H]1C. The van der Waals surface area contributed by atoms with Crippen LogP contribution >= 0.6 is 21.6 Å². The fraction of sp³-hybridized carbons (Fsp3) is 0.465. The van der Waals surface area contributed by atoms with Crippen molar-refractivity contribution in [2.45, 2.75) is 125 Å². The predicted octanol–water partition coefficient (Wildman–Crippen LogP) is 3.62. The first kappa shape index (κ1) is 79.6. The summed E-state index contributed by atoms with van der Waals surface area (Å²) in [4.78, 5) is 170. The van der Waals surface area contributed by atoms with Crippen LogP contribution in [0.25, 0.3) is 35.0 Å². The first-order chi connectivity index (χ1) is 50.2. The number of carboxylic acid groups (broad SMARTS) is 2. The van der Waals surface area contributed by atoms with Crippen molar-refractivity contribution in [2.75, 3.05) is 77.2 Å². The number of rotatable bonds is 32. The van der Waals surface area contributed by atoms with Gasteiger partial charge < -0.3 is 60.6 Å². The van der Waals surface area contributed by atoms with E-state index in [1.165, 1.54) is 36.2 Å². The molecule has 0 radical (unpaired) electrons. The number of nitrogen functional groups attached to an aromatic ring is 1. The number of methoxy groups -OCH3 is 1. The number of hydrogen-bond donors (Lipinski definition) is 11. The van der Waals surface area contributed by atoms with Crippen molar-refractivity contribution in [1.29, 1.82) is 0 Å². The third kappa shape index (κ3) is 18.6. The molecule has 6 atom stereocenters. The van der Waals surface area contributed by atoms with E-state index >= 15 is 4.79 Å². The number of quaternary nitrogens is 1. The quantitative estimate of drug-likeness (QED) is 0.00731. The number of H-pyrrole nitrogens is 1. The summed E-state index contributed by atoms with van der Waals surface area (Å²) in [6.45, 7) is 15.5. The number of aliphatic carboxylic acids is 2. The van der Waals surface area contributed by atoms with Crippen molar-refractivity contribution < 1.29 is 77.0 Å². The maximum absolute atomic E-state index is 15.2. The minimum Gasteiger partial charge on any atom is -0.480 e. The van der Waals surface area contributed by atoms with Gasteiger partial charge in [-0.15, -0.1) is 0 Å². The van der Waals surface area contributed by atoms with Crippen LogP contribution in [-0.2, 0) is 55.2 Å². The normalized spacial score (nSPS) is 17.4.